The van der Waals surface area contributed by atoms with Gasteiger partial charge in [-0.3, -0.25) is 13.9 Å². The number of anilines is 1. The molecule has 0 heterocycles. The maximum absolute atomic E-state index is 14.0. The molecule has 0 saturated carbocycles. The van der Waals surface area contributed by atoms with Crippen LogP contribution in [0.3, 0.4) is 0 Å². The Kier molecular flexibility index (Phi) is 11.3. The Morgan fingerprint density at radius 3 is 2.15 bits per heavy atom. The average Bonchev–Trinajstić information content (AvgIpc) is 2.97. The highest BCUT2D eigenvalue weighted by molar-refractivity contribution is 7.92. The van der Waals surface area contributed by atoms with Crippen LogP contribution in [-0.2, 0) is 26.2 Å². The smallest absolute Gasteiger partial charge is 0.264 e. The Morgan fingerprint density at radius 1 is 0.951 bits per heavy atom. The van der Waals surface area contributed by atoms with E-state index < -0.39 is 34.3 Å². The maximum Gasteiger partial charge on any atom is 0.264 e. The van der Waals surface area contributed by atoms with Crippen LogP contribution in [0.25, 0.3) is 0 Å². The summed E-state index contributed by atoms with van der Waals surface area (Å²) < 4.78 is 47.7. The van der Waals surface area contributed by atoms with Crippen molar-refractivity contribution in [1.29, 1.82) is 0 Å². The molecule has 0 fully saturated rings. The van der Waals surface area contributed by atoms with Crippen molar-refractivity contribution in [3.63, 3.8) is 0 Å². The van der Waals surface area contributed by atoms with E-state index in [4.69, 9.17) is 4.74 Å². The standard InChI is InChI=1S/C31H38FN3O5S/c1-5-7-20-33-31(37)29(6-2)34(21-24-10-12-25(32)13-11-24)30(36)22-35(26-14-16-27(40-4)17-15-26)41(38,39)28-18-8-23(3)9-19-28/h8-19,29H,5-7,20-22H2,1-4H3,(H,33,37)/t29-/m1/s1. The molecule has 0 unspecified atom stereocenters. The van der Waals surface area contributed by atoms with E-state index in [1.165, 1.54) is 36.3 Å². The summed E-state index contributed by atoms with van der Waals surface area (Å²) in [6.07, 6.45) is 1.98. The first-order valence-corrected chi connectivity index (χ1v) is 15.1. The Labute approximate surface area is 242 Å². The van der Waals surface area contributed by atoms with Gasteiger partial charge in [0, 0.05) is 13.1 Å². The van der Waals surface area contributed by atoms with E-state index in [1.807, 2.05) is 13.8 Å². The van der Waals surface area contributed by atoms with Gasteiger partial charge in [-0.15, -0.1) is 0 Å². The molecule has 0 aliphatic rings. The third-order valence-electron chi connectivity index (χ3n) is 6.73. The van der Waals surface area contributed by atoms with Gasteiger partial charge in [-0.05, 0) is 73.9 Å². The van der Waals surface area contributed by atoms with Gasteiger partial charge in [0.25, 0.3) is 10.0 Å². The SMILES string of the molecule is CCCCNC(=O)[C@@H](CC)N(Cc1ccc(F)cc1)C(=O)CN(c1ccc(OC)cc1)S(=O)(=O)c1ccc(C)cc1. The van der Waals surface area contributed by atoms with Gasteiger partial charge in [0.1, 0.15) is 24.2 Å². The average molecular weight is 584 g/mol. The molecule has 0 spiro atoms. The van der Waals surface area contributed by atoms with Crippen molar-refractivity contribution in [3.8, 4) is 5.75 Å². The Bertz CT molecular complexity index is 1400. The van der Waals surface area contributed by atoms with Crippen LogP contribution >= 0.6 is 0 Å². The lowest BCUT2D eigenvalue weighted by Gasteiger charge is -2.33. The third kappa shape index (κ3) is 8.29. The van der Waals surface area contributed by atoms with Crippen molar-refractivity contribution < 1.29 is 27.1 Å². The number of hydrogen-bond acceptors (Lipinski definition) is 5. The normalized spacial score (nSPS) is 11.9. The van der Waals surface area contributed by atoms with Gasteiger partial charge in [0.15, 0.2) is 0 Å². The van der Waals surface area contributed by atoms with Crippen molar-refractivity contribution in [2.24, 2.45) is 0 Å². The van der Waals surface area contributed by atoms with Gasteiger partial charge in [0.2, 0.25) is 11.8 Å². The van der Waals surface area contributed by atoms with Crippen LogP contribution in [0.1, 0.15) is 44.2 Å². The molecule has 1 atom stereocenters. The summed E-state index contributed by atoms with van der Waals surface area (Å²) in [5.41, 5.74) is 1.76. The number of methoxy groups -OCH3 is 1. The van der Waals surface area contributed by atoms with E-state index in [9.17, 15) is 22.4 Å². The highest BCUT2D eigenvalue weighted by Crippen LogP contribution is 2.27. The van der Waals surface area contributed by atoms with Gasteiger partial charge in [-0.1, -0.05) is 50.1 Å². The zero-order valence-electron chi connectivity index (χ0n) is 24.0. The van der Waals surface area contributed by atoms with E-state index in [0.29, 0.717) is 24.3 Å². The Hall–Kier alpha value is -3.92. The Morgan fingerprint density at radius 2 is 1.59 bits per heavy atom. The maximum atomic E-state index is 14.0. The first kappa shape index (κ1) is 31.6. The number of hydrogen-bond donors (Lipinski definition) is 1. The van der Waals surface area contributed by atoms with Gasteiger partial charge >= 0.3 is 0 Å². The molecule has 3 rings (SSSR count). The number of nitrogens with zero attached hydrogens (tertiary/aromatic N) is 2. The summed E-state index contributed by atoms with van der Waals surface area (Å²) in [7, 11) is -2.67. The molecule has 41 heavy (non-hydrogen) atoms. The van der Waals surface area contributed by atoms with Gasteiger partial charge in [-0.25, -0.2) is 12.8 Å². The highest BCUT2D eigenvalue weighted by atomic mass is 32.2. The van der Waals surface area contributed by atoms with Crippen molar-refractivity contribution in [3.05, 3.63) is 89.7 Å². The van der Waals surface area contributed by atoms with Crippen molar-refractivity contribution in [2.75, 3.05) is 24.5 Å². The predicted octanol–water partition coefficient (Wildman–Crippen LogP) is 5.06. The minimum atomic E-state index is -4.17. The number of unbranched alkanes of at least 4 members (excludes halogenated alkanes) is 1. The molecule has 0 aromatic heterocycles. The van der Waals surface area contributed by atoms with Crippen molar-refractivity contribution >= 4 is 27.5 Å². The molecule has 220 valence electrons. The van der Waals surface area contributed by atoms with Crippen LogP contribution in [-0.4, -0.2) is 51.4 Å². The molecule has 0 saturated heterocycles. The number of amides is 2. The topological polar surface area (TPSA) is 96.0 Å². The number of benzene rings is 3. The van der Waals surface area contributed by atoms with Gasteiger partial charge < -0.3 is 15.0 Å². The second-order valence-corrected chi connectivity index (χ2v) is 11.6. The quantitative estimate of drug-likeness (QED) is 0.268. The van der Waals surface area contributed by atoms with Crippen LogP contribution < -0.4 is 14.4 Å². The fourth-order valence-corrected chi connectivity index (χ4v) is 5.74. The lowest BCUT2D eigenvalue weighted by Crippen LogP contribution is -2.52. The number of carbonyl (C=O) groups is 2. The predicted molar refractivity (Wildman–Crippen MR) is 158 cm³/mol. The van der Waals surface area contributed by atoms with E-state index in [2.05, 4.69) is 5.32 Å². The molecule has 3 aromatic rings. The molecule has 0 aliphatic heterocycles. The summed E-state index contributed by atoms with van der Waals surface area (Å²) in [5, 5.41) is 2.89. The minimum absolute atomic E-state index is 0.000149. The number of sulfonamides is 1. The monoisotopic (exact) mass is 583 g/mol. The van der Waals surface area contributed by atoms with E-state index in [0.717, 1.165) is 22.7 Å². The fourth-order valence-electron chi connectivity index (χ4n) is 4.33. The molecule has 8 nitrogen and oxygen atoms in total. The first-order chi connectivity index (χ1) is 19.6. The van der Waals surface area contributed by atoms with Crippen LogP contribution in [0.4, 0.5) is 10.1 Å². The number of aryl methyl sites for hydroxylation is 1. The molecular weight excluding hydrogens is 545 g/mol. The first-order valence-electron chi connectivity index (χ1n) is 13.7. The zero-order valence-corrected chi connectivity index (χ0v) is 24.8. The molecule has 3 aromatic carbocycles. The van der Waals surface area contributed by atoms with Crippen molar-refractivity contribution in [2.45, 2.75) is 57.5 Å². The summed E-state index contributed by atoms with van der Waals surface area (Å²) in [4.78, 5) is 28.6. The molecular formula is C31H38FN3O5S. The van der Waals surface area contributed by atoms with E-state index in [1.54, 1.807) is 55.5 Å². The molecule has 0 bridgehead atoms. The number of halogens is 1. The van der Waals surface area contributed by atoms with Crippen LogP contribution in [0, 0.1) is 12.7 Å². The Balaban J connectivity index is 2.03. The summed E-state index contributed by atoms with van der Waals surface area (Å²) in [5.74, 6) is -0.793. The molecule has 10 heteroatoms. The van der Waals surface area contributed by atoms with Crippen molar-refractivity contribution in [1.82, 2.24) is 10.2 Å². The van der Waals surface area contributed by atoms with Gasteiger partial charge in [-0.2, -0.15) is 0 Å². The number of ether oxygens (including phenoxy) is 1. The second kappa shape index (κ2) is 14.6. The minimum Gasteiger partial charge on any atom is -0.497 e. The number of nitrogens with one attached hydrogen (secondary N) is 1. The summed E-state index contributed by atoms with van der Waals surface area (Å²) in [6, 6.07) is 17.5. The molecule has 0 aliphatic carbocycles. The van der Waals surface area contributed by atoms with Crippen LogP contribution in [0.5, 0.6) is 5.75 Å². The van der Waals surface area contributed by atoms with Crippen LogP contribution in [0.15, 0.2) is 77.7 Å². The lowest BCUT2D eigenvalue weighted by atomic mass is 10.1. The van der Waals surface area contributed by atoms with Crippen LogP contribution in [0.2, 0.25) is 0 Å². The molecule has 0 radical (unpaired) electrons. The largest absolute Gasteiger partial charge is 0.497 e. The number of carbonyl (C=O) groups excluding carboxylic acids is 2. The van der Waals surface area contributed by atoms with Gasteiger partial charge in [0.05, 0.1) is 17.7 Å². The summed E-state index contributed by atoms with van der Waals surface area (Å²) in [6.45, 7) is 5.56. The molecule has 1 N–H and O–H groups in total. The van der Waals surface area contributed by atoms with E-state index in [-0.39, 0.29) is 23.0 Å². The highest BCUT2D eigenvalue weighted by Gasteiger charge is 2.33. The molecule has 2 amide bonds. The summed E-state index contributed by atoms with van der Waals surface area (Å²) >= 11 is 0. The van der Waals surface area contributed by atoms with E-state index >= 15 is 0 Å². The fraction of sp³-hybridized carbons (Fsp3) is 0.355. The lowest BCUT2D eigenvalue weighted by molar-refractivity contribution is -0.140. The zero-order chi connectivity index (χ0) is 30.0. The third-order valence-corrected chi connectivity index (χ3v) is 8.52. The number of rotatable bonds is 14. The second-order valence-electron chi connectivity index (χ2n) is 9.74.